The van der Waals surface area contributed by atoms with Crippen LogP contribution in [0, 0.1) is 28.6 Å². The zero-order valence-electron chi connectivity index (χ0n) is 52.8. The maximum atomic E-state index is 10.3. The van der Waals surface area contributed by atoms with E-state index < -0.39 is 28.7 Å². The molecule has 0 unspecified atom stereocenters. The Balaban J connectivity index is -0.000000296. The first-order chi connectivity index (χ1) is 37.4. The summed E-state index contributed by atoms with van der Waals surface area (Å²) < 4.78 is 0. The third kappa shape index (κ3) is 74.2. The highest BCUT2D eigenvalue weighted by atomic mass is 16.4. The fraction of sp³-hybridized carbons (Fsp3) is 0.955. The lowest BCUT2D eigenvalue weighted by atomic mass is 9.88. The third-order valence-corrected chi connectivity index (χ3v) is 15.3. The van der Waals surface area contributed by atoms with Crippen molar-refractivity contribution in [3.63, 3.8) is 0 Å². The molecule has 12 nitrogen and oxygen atoms in total. The molecule has 0 rings (SSSR count). The SMILES string of the molecule is CC(C)CCCCCCCCCCCCCCC(=O)O.CC(C)CCCCCCCCCCCCCCC(=O)O.CC(C)CCCCCCCCCCCCCCC(=O)O.CCC(CO)(CO)CO.CCC(CO)(CO)CO. The van der Waals surface area contributed by atoms with E-state index in [-0.39, 0.29) is 39.6 Å². The van der Waals surface area contributed by atoms with Gasteiger partial charge in [0.05, 0.1) is 39.6 Å². The average molecular weight is 1120 g/mol. The van der Waals surface area contributed by atoms with Crippen molar-refractivity contribution in [2.45, 2.75) is 338 Å². The van der Waals surface area contributed by atoms with Crippen molar-refractivity contribution in [3.8, 4) is 0 Å². The van der Waals surface area contributed by atoms with E-state index in [2.05, 4.69) is 41.5 Å². The zero-order chi connectivity index (χ0) is 59.8. The predicted octanol–water partition coefficient (Wildman–Crippen LogP) is 17.3. The zero-order valence-corrected chi connectivity index (χ0v) is 52.8. The molecule has 0 aliphatic rings. The summed E-state index contributed by atoms with van der Waals surface area (Å²) in [7, 11) is 0. The van der Waals surface area contributed by atoms with Crippen molar-refractivity contribution in [1.29, 1.82) is 0 Å². The molecule has 0 aliphatic carbocycles. The van der Waals surface area contributed by atoms with Crippen LogP contribution < -0.4 is 0 Å². The molecule has 0 aromatic carbocycles. The van der Waals surface area contributed by atoms with Crippen LogP contribution in [0.1, 0.15) is 338 Å². The van der Waals surface area contributed by atoms with Crippen LogP contribution in [-0.2, 0) is 14.4 Å². The van der Waals surface area contributed by atoms with Crippen LogP contribution in [0.4, 0.5) is 0 Å². The van der Waals surface area contributed by atoms with Gasteiger partial charge in [-0.2, -0.15) is 0 Å². The number of rotatable bonds is 53. The normalized spacial score (nSPS) is 11.3. The number of carboxylic acids is 3. The number of aliphatic hydroxyl groups is 6. The largest absolute Gasteiger partial charge is 0.481 e. The smallest absolute Gasteiger partial charge is 0.303 e. The van der Waals surface area contributed by atoms with Gasteiger partial charge in [0.2, 0.25) is 0 Å². The molecule has 0 heterocycles. The molecule has 0 bridgehead atoms. The Hall–Kier alpha value is -1.83. The van der Waals surface area contributed by atoms with Gasteiger partial charge in [0.25, 0.3) is 0 Å². The molecule has 472 valence electrons. The van der Waals surface area contributed by atoms with Crippen molar-refractivity contribution in [2.24, 2.45) is 28.6 Å². The van der Waals surface area contributed by atoms with Crippen molar-refractivity contribution in [1.82, 2.24) is 0 Å². The summed E-state index contributed by atoms with van der Waals surface area (Å²) in [5.74, 6) is 0.636. The third-order valence-electron chi connectivity index (χ3n) is 15.3. The molecule has 0 spiro atoms. The number of carbonyl (C=O) groups is 3. The van der Waals surface area contributed by atoms with Gasteiger partial charge in [0.15, 0.2) is 0 Å². The minimum atomic E-state index is -0.667. The minimum absolute atomic E-state index is 0.156. The van der Waals surface area contributed by atoms with Gasteiger partial charge in [-0.1, -0.05) is 287 Å². The van der Waals surface area contributed by atoms with Crippen LogP contribution in [0.3, 0.4) is 0 Å². The van der Waals surface area contributed by atoms with Crippen molar-refractivity contribution < 1.29 is 60.3 Å². The summed E-state index contributed by atoms with van der Waals surface area (Å²) in [6, 6.07) is 0. The molecule has 0 aromatic heterocycles. The number of aliphatic hydroxyl groups excluding tert-OH is 6. The van der Waals surface area contributed by atoms with Gasteiger partial charge >= 0.3 is 17.9 Å². The quantitative estimate of drug-likeness (QED) is 0.0259. The maximum Gasteiger partial charge on any atom is 0.303 e. The Morgan fingerprint density at radius 3 is 0.474 bits per heavy atom. The average Bonchev–Trinajstić information content (AvgIpc) is 3.41. The van der Waals surface area contributed by atoms with Crippen molar-refractivity contribution in [3.05, 3.63) is 0 Å². The molecular formula is C66H136O12. The minimum Gasteiger partial charge on any atom is -0.481 e. The van der Waals surface area contributed by atoms with Gasteiger partial charge in [-0.3, -0.25) is 14.4 Å². The first-order valence-electron chi connectivity index (χ1n) is 32.7. The molecule has 0 amide bonds. The summed E-state index contributed by atoms with van der Waals surface area (Å²) in [5.41, 5.74) is -1.33. The highest BCUT2D eigenvalue weighted by Crippen LogP contribution is 2.21. The standard InChI is InChI=1S/3C18H36O2.2C6H14O3/c3*1-17(2)15-13-11-9-7-5-3-4-6-8-10-12-14-16-18(19)20;2*1-2-6(3-7,4-8)5-9/h3*17H,3-16H2,1-2H3,(H,19,20);2*7-9H,2-5H2,1H3. The second kappa shape index (κ2) is 67.7. The van der Waals surface area contributed by atoms with Gasteiger partial charge in [-0.05, 0) is 49.9 Å². The molecule has 0 fully saturated rings. The molecule has 9 N–H and O–H groups in total. The second-order valence-corrected chi connectivity index (χ2v) is 24.4. The van der Waals surface area contributed by atoms with Gasteiger partial charge < -0.3 is 46.0 Å². The van der Waals surface area contributed by atoms with Crippen LogP contribution in [0.15, 0.2) is 0 Å². The van der Waals surface area contributed by atoms with Crippen LogP contribution in [0.5, 0.6) is 0 Å². The Morgan fingerprint density at radius 2 is 0.385 bits per heavy atom. The number of unbranched alkanes of at least 4 members (excludes halogenated alkanes) is 33. The lowest BCUT2D eigenvalue weighted by Crippen LogP contribution is -2.32. The Labute approximate surface area is 482 Å². The molecule has 0 saturated carbocycles. The van der Waals surface area contributed by atoms with Gasteiger partial charge in [-0.25, -0.2) is 0 Å². The number of hydrogen-bond acceptors (Lipinski definition) is 9. The maximum absolute atomic E-state index is 10.3. The number of carboxylic acid groups (broad SMARTS) is 3. The fourth-order valence-electron chi connectivity index (χ4n) is 8.76. The molecule has 0 saturated heterocycles. The van der Waals surface area contributed by atoms with Crippen LogP contribution in [-0.4, -0.2) is 104 Å². The van der Waals surface area contributed by atoms with E-state index in [0.717, 1.165) is 56.3 Å². The molecule has 0 radical (unpaired) electrons. The molecule has 0 aliphatic heterocycles. The van der Waals surface area contributed by atoms with Gasteiger partial charge in [0.1, 0.15) is 0 Å². The molecule has 0 aromatic rings. The van der Waals surface area contributed by atoms with Crippen LogP contribution >= 0.6 is 0 Å². The lowest BCUT2D eigenvalue weighted by Gasteiger charge is -2.24. The predicted molar refractivity (Wildman–Crippen MR) is 329 cm³/mol. The topological polar surface area (TPSA) is 233 Å². The fourth-order valence-corrected chi connectivity index (χ4v) is 8.76. The van der Waals surface area contributed by atoms with Crippen molar-refractivity contribution >= 4 is 17.9 Å². The summed E-state index contributed by atoms with van der Waals surface area (Å²) in [6.07, 6.45) is 53.2. The molecule has 12 heteroatoms. The van der Waals surface area contributed by atoms with E-state index in [0.29, 0.717) is 32.1 Å². The molecule has 78 heavy (non-hydrogen) atoms. The highest BCUT2D eigenvalue weighted by Gasteiger charge is 2.25. The Morgan fingerprint density at radius 1 is 0.256 bits per heavy atom. The molecular weight excluding hydrogens is 985 g/mol. The number of hydrogen-bond donors (Lipinski definition) is 9. The molecule has 0 atom stereocenters. The van der Waals surface area contributed by atoms with Crippen molar-refractivity contribution in [2.75, 3.05) is 39.6 Å². The van der Waals surface area contributed by atoms with E-state index in [1.807, 2.05) is 13.8 Å². The summed E-state index contributed by atoms with van der Waals surface area (Å²) >= 11 is 0. The summed E-state index contributed by atoms with van der Waals surface area (Å²) in [5, 5.41) is 77.5. The summed E-state index contributed by atoms with van der Waals surface area (Å²) in [4.78, 5) is 31.0. The van der Waals surface area contributed by atoms with Crippen LogP contribution in [0.2, 0.25) is 0 Å². The van der Waals surface area contributed by atoms with Gasteiger partial charge in [-0.15, -0.1) is 0 Å². The van der Waals surface area contributed by atoms with Crippen LogP contribution in [0.25, 0.3) is 0 Å². The monoisotopic (exact) mass is 1120 g/mol. The lowest BCUT2D eigenvalue weighted by molar-refractivity contribution is -0.138. The second-order valence-electron chi connectivity index (χ2n) is 24.4. The first kappa shape index (κ1) is 85.0. The van der Waals surface area contributed by atoms with E-state index >= 15 is 0 Å². The Bertz CT molecular complexity index is 1010. The number of aliphatic carboxylic acids is 3. The van der Waals surface area contributed by atoms with E-state index in [4.69, 9.17) is 46.0 Å². The van der Waals surface area contributed by atoms with Gasteiger partial charge in [0, 0.05) is 30.1 Å². The summed E-state index contributed by atoms with van der Waals surface area (Å²) in [6.45, 7) is 16.5. The Kier molecular flexibility index (Phi) is 73.7. The first-order valence-corrected chi connectivity index (χ1v) is 32.7. The van der Waals surface area contributed by atoms with E-state index in [1.54, 1.807) is 0 Å². The van der Waals surface area contributed by atoms with E-state index in [9.17, 15) is 14.4 Å². The van der Waals surface area contributed by atoms with E-state index in [1.165, 1.54) is 212 Å². The highest BCUT2D eigenvalue weighted by molar-refractivity contribution is 5.67.